The number of carboxylic acid groups (broad SMARTS) is 1. The van der Waals surface area contributed by atoms with Crippen LogP contribution in [-0.4, -0.2) is 16.1 Å². The Balaban J connectivity index is 2.32. The number of halogens is 4. The summed E-state index contributed by atoms with van der Waals surface area (Å²) in [5.74, 6) is -1.71. The van der Waals surface area contributed by atoms with Crippen LogP contribution in [0.1, 0.15) is 16.1 Å². The Morgan fingerprint density at radius 1 is 1.40 bits per heavy atom. The van der Waals surface area contributed by atoms with E-state index in [0.29, 0.717) is 0 Å². The molecule has 0 spiro atoms. The van der Waals surface area contributed by atoms with Crippen LogP contribution >= 0.6 is 11.6 Å². The normalized spacial score (nSPS) is 11.4. The Morgan fingerprint density at radius 2 is 2.10 bits per heavy atom. The first-order chi connectivity index (χ1) is 9.29. The smallest absolute Gasteiger partial charge is 0.417 e. The molecule has 20 heavy (non-hydrogen) atoms. The minimum absolute atomic E-state index is 0.347. The third-order valence-corrected chi connectivity index (χ3v) is 2.56. The summed E-state index contributed by atoms with van der Waals surface area (Å²) >= 11 is 5.58. The minimum Gasteiger partial charge on any atom is -0.476 e. The van der Waals surface area contributed by atoms with Gasteiger partial charge in [-0.3, -0.25) is 0 Å². The average molecular weight is 308 g/mol. The lowest BCUT2D eigenvalue weighted by Gasteiger charge is -2.11. The number of alkyl halides is 3. The summed E-state index contributed by atoms with van der Waals surface area (Å²) in [6.07, 6.45) is -4.37. The second kappa shape index (κ2) is 5.04. The van der Waals surface area contributed by atoms with E-state index < -0.39 is 34.5 Å². The van der Waals surface area contributed by atoms with Crippen molar-refractivity contribution in [2.75, 3.05) is 0 Å². The largest absolute Gasteiger partial charge is 0.476 e. The number of ether oxygens (including phenoxy) is 1. The molecule has 0 amide bonds. The molecule has 0 unspecified atom stereocenters. The predicted molar refractivity (Wildman–Crippen MR) is 60.0 cm³/mol. The number of carbonyl (C=O) groups is 1. The highest BCUT2D eigenvalue weighted by atomic mass is 35.5. The van der Waals surface area contributed by atoms with E-state index in [9.17, 15) is 18.0 Å². The lowest BCUT2D eigenvalue weighted by molar-refractivity contribution is -0.137. The molecule has 0 aliphatic carbocycles. The molecule has 106 valence electrons. The zero-order chi connectivity index (χ0) is 14.9. The number of aromatic nitrogens is 1. The number of aromatic carboxylic acids is 1. The minimum atomic E-state index is -4.64. The highest BCUT2D eigenvalue weighted by Crippen LogP contribution is 2.40. The van der Waals surface area contributed by atoms with Crippen LogP contribution < -0.4 is 4.74 Å². The number of rotatable bonds is 3. The van der Waals surface area contributed by atoms with E-state index in [1.165, 1.54) is 6.07 Å². The lowest BCUT2D eigenvalue weighted by Crippen LogP contribution is -2.06. The zero-order valence-corrected chi connectivity index (χ0v) is 10.2. The molecule has 2 aromatic rings. The van der Waals surface area contributed by atoms with Crippen molar-refractivity contribution in [2.24, 2.45) is 0 Å². The summed E-state index contributed by atoms with van der Waals surface area (Å²) in [7, 11) is 0. The van der Waals surface area contributed by atoms with Gasteiger partial charge in [0.15, 0.2) is 11.4 Å². The van der Waals surface area contributed by atoms with E-state index in [4.69, 9.17) is 21.4 Å². The molecule has 0 atom stereocenters. The molecule has 0 saturated heterocycles. The maximum Gasteiger partial charge on any atom is 0.417 e. The van der Waals surface area contributed by atoms with Gasteiger partial charge in [0.05, 0.1) is 10.6 Å². The van der Waals surface area contributed by atoms with Crippen molar-refractivity contribution >= 4 is 17.6 Å². The molecule has 0 aliphatic heterocycles. The first kappa shape index (κ1) is 14.2. The second-order valence-corrected chi connectivity index (χ2v) is 3.90. The molecule has 2 rings (SSSR count). The standard InChI is InChI=1S/C11H5ClF3NO4/c12-8-5(11(13,14)15)2-1-3-7(8)20-10-16-6(4-19-10)9(17)18/h1-4H,(H,17,18). The summed E-state index contributed by atoms with van der Waals surface area (Å²) in [6, 6.07) is 3.04. The van der Waals surface area contributed by atoms with Gasteiger partial charge in [-0.05, 0) is 12.1 Å². The van der Waals surface area contributed by atoms with E-state index in [1.807, 2.05) is 0 Å². The number of hydrogen-bond donors (Lipinski definition) is 1. The molecular formula is C11H5ClF3NO4. The Labute approximate surface area is 114 Å². The van der Waals surface area contributed by atoms with E-state index in [0.717, 1.165) is 18.4 Å². The molecule has 5 nitrogen and oxygen atoms in total. The molecule has 1 aromatic carbocycles. The fourth-order valence-electron chi connectivity index (χ4n) is 1.30. The van der Waals surface area contributed by atoms with E-state index in [1.54, 1.807) is 0 Å². The lowest BCUT2D eigenvalue weighted by atomic mass is 10.2. The Kier molecular flexibility index (Phi) is 3.58. The van der Waals surface area contributed by atoms with E-state index in [2.05, 4.69) is 9.40 Å². The fourth-order valence-corrected chi connectivity index (χ4v) is 1.58. The Hall–Kier alpha value is -2.22. The molecule has 9 heteroatoms. The third kappa shape index (κ3) is 2.85. The van der Waals surface area contributed by atoms with Gasteiger partial charge in [0.25, 0.3) is 0 Å². The van der Waals surface area contributed by atoms with Crippen LogP contribution in [0.5, 0.6) is 11.8 Å². The summed E-state index contributed by atoms with van der Waals surface area (Å²) in [4.78, 5) is 14.0. The molecule has 1 heterocycles. The van der Waals surface area contributed by atoms with Crippen LogP contribution in [0.25, 0.3) is 0 Å². The van der Waals surface area contributed by atoms with Crippen LogP contribution in [0, 0.1) is 0 Å². The highest BCUT2D eigenvalue weighted by Gasteiger charge is 2.34. The molecule has 0 radical (unpaired) electrons. The van der Waals surface area contributed by atoms with Gasteiger partial charge >= 0.3 is 18.2 Å². The third-order valence-electron chi connectivity index (χ3n) is 2.17. The maximum atomic E-state index is 12.6. The van der Waals surface area contributed by atoms with Crippen molar-refractivity contribution in [1.29, 1.82) is 0 Å². The second-order valence-electron chi connectivity index (χ2n) is 3.52. The molecule has 1 aromatic heterocycles. The summed E-state index contributed by atoms with van der Waals surface area (Å²) in [5.41, 5.74) is -1.52. The van der Waals surface area contributed by atoms with Crippen molar-refractivity contribution in [3.8, 4) is 11.8 Å². The summed E-state index contributed by atoms with van der Waals surface area (Å²) in [6.45, 7) is 0. The predicted octanol–water partition coefficient (Wildman–Crippen LogP) is 3.84. The van der Waals surface area contributed by atoms with Gasteiger partial charge in [0.2, 0.25) is 0 Å². The van der Waals surface area contributed by atoms with Crippen LogP contribution in [0.15, 0.2) is 28.9 Å². The Morgan fingerprint density at radius 3 is 2.65 bits per heavy atom. The van der Waals surface area contributed by atoms with Gasteiger partial charge < -0.3 is 14.3 Å². The van der Waals surface area contributed by atoms with Gasteiger partial charge in [-0.2, -0.15) is 18.2 Å². The first-order valence-electron chi connectivity index (χ1n) is 5.01. The first-order valence-corrected chi connectivity index (χ1v) is 5.39. The van der Waals surface area contributed by atoms with Gasteiger partial charge in [-0.1, -0.05) is 17.7 Å². The van der Waals surface area contributed by atoms with Crippen LogP contribution in [0.3, 0.4) is 0 Å². The Bertz CT molecular complexity index is 653. The van der Waals surface area contributed by atoms with Crippen molar-refractivity contribution in [3.05, 3.63) is 40.7 Å². The van der Waals surface area contributed by atoms with Crippen molar-refractivity contribution in [2.45, 2.75) is 6.18 Å². The average Bonchev–Trinajstić information content (AvgIpc) is 2.79. The van der Waals surface area contributed by atoms with Crippen molar-refractivity contribution in [1.82, 2.24) is 4.98 Å². The van der Waals surface area contributed by atoms with E-state index in [-0.39, 0.29) is 5.75 Å². The van der Waals surface area contributed by atoms with Crippen molar-refractivity contribution in [3.63, 3.8) is 0 Å². The topological polar surface area (TPSA) is 72.6 Å². The molecule has 0 fully saturated rings. The van der Waals surface area contributed by atoms with Crippen LogP contribution in [-0.2, 0) is 6.18 Å². The molecule has 0 saturated carbocycles. The van der Waals surface area contributed by atoms with Crippen LogP contribution in [0.2, 0.25) is 5.02 Å². The summed E-state index contributed by atoms with van der Waals surface area (Å²) < 4.78 is 47.4. The summed E-state index contributed by atoms with van der Waals surface area (Å²) in [5, 5.41) is 7.95. The quantitative estimate of drug-likeness (QED) is 0.932. The van der Waals surface area contributed by atoms with Gasteiger partial charge in [-0.25, -0.2) is 4.79 Å². The highest BCUT2D eigenvalue weighted by molar-refractivity contribution is 6.32. The van der Waals surface area contributed by atoms with E-state index >= 15 is 0 Å². The molecule has 0 bridgehead atoms. The number of oxazole rings is 1. The monoisotopic (exact) mass is 307 g/mol. The zero-order valence-electron chi connectivity index (χ0n) is 9.44. The molecule has 0 aliphatic rings. The molecule has 1 N–H and O–H groups in total. The van der Waals surface area contributed by atoms with Crippen molar-refractivity contribution < 1.29 is 32.2 Å². The number of hydrogen-bond acceptors (Lipinski definition) is 4. The van der Waals surface area contributed by atoms with Gasteiger partial charge in [-0.15, -0.1) is 0 Å². The number of nitrogens with zero attached hydrogens (tertiary/aromatic N) is 1. The number of carboxylic acids is 1. The fraction of sp³-hybridized carbons (Fsp3) is 0.0909. The SMILES string of the molecule is O=C(O)c1coc(Oc2cccc(C(F)(F)F)c2Cl)n1. The number of benzene rings is 1. The molecular weight excluding hydrogens is 303 g/mol. The maximum absolute atomic E-state index is 12.6. The van der Waals surface area contributed by atoms with Crippen LogP contribution in [0.4, 0.5) is 13.2 Å². The van der Waals surface area contributed by atoms with Gasteiger partial charge in [0.1, 0.15) is 6.26 Å². The van der Waals surface area contributed by atoms with Gasteiger partial charge in [0, 0.05) is 0 Å².